The average molecular weight is 366 g/mol. The van der Waals surface area contributed by atoms with E-state index in [2.05, 4.69) is 15.4 Å². The van der Waals surface area contributed by atoms with Crippen molar-refractivity contribution < 1.29 is 19.1 Å². The summed E-state index contributed by atoms with van der Waals surface area (Å²) in [6.07, 6.45) is 3.83. The number of anilines is 1. The van der Waals surface area contributed by atoms with Crippen molar-refractivity contribution in [3.05, 3.63) is 71.3 Å². The Morgan fingerprint density at radius 2 is 1.67 bits per heavy atom. The van der Waals surface area contributed by atoms with Crippen molar-refractivity contribution in [3.63, 3.8) is 0 Å². The maximum Gasteiger partial charge on any atom is 0.337 e. The second-order valence-corrected chi connectivity index (χ2v) is 5.87. The standard InChI is InChI=1S/C21H22N2O4/c1-15(24)23-19-10-5-16(6-11-19)7-12-20(25)22-14-13-17-3-8-18(9-4-17)21(26)27-2/h3-12H,13-14H2,1-2H3,(H,22,25)(H,23,24)/b12-7+. The zero-order valence-corrected chi connectivity index (χ0v) is 15.3. The smallest absolute Gasteiger partial charge is 0.337 e. The van der Waals surface area contributed by atoms with Gasteiger partial charge in [-0.3, -0.25) is 9.59 Å². The number of rotatable bonds is 7. The Bertz CT molecular complexity index is 824. The van der Waals surface area contributed by atoms with Gasteiger partial charge in [0, 0.05) is 25.2 Å². The van der Waals surface area contributed by atoms with Gasteiger partial charge in [0.2, 0.25) is 11.8 Å². The molecule has 0 saturated heterocycles. The second kappa shape index (κ2) is 9.91. The third kappa shape index (κ3) is 6.78. The highest BCUT2D eigenvalue weighted by Crippen LogP contribution is 2.10. The van der Waals surface area contributed by atoms with Gasteiger partial charge in [0.25, 0.3) is 0 Å². The molecule has 2 amide bonds. The van der Waals surface area contributed by atoms with Crippen molar-refractivity contribution >= 4 is 29.5 Å². The molecular weight excluding hydrogens is 344 g/mol. The zero-order valence-electron chi connectivity index (χ0n) is 15.3. The Labute approximate surface area is 158 Å². The van der Waals surface area contributed by atoms with Crippen LogP contribution in [0.1, 0.15) is 28.4 Å². The maximum atomic E-state index is 11.9. The number of benzene rings is 2. The number of carbonyl (C=O) groups excluding carboxylic acids is 3. The summed E-state index contributed by atoms with van der Waals surface area (Å²) in [7, 11) is 1.34. The van der Waals surface area contributed by atoms with Gasteiger partial charge in [0.15, 0.2) is 0 Å². The van der Waals surface area contributed by atoms with Crippen LogP contribution in [0.2, 0.25) is 0 Å². The molecule has 0 saturated carbocycles. The molecule has 2 N–H and O–H groups in total. The van der Waals surface area contributed by atoms with E-state index in [1.807, 2.05) is 24.3 Å². The van der Waals surface area contributed by atoms with Crippen LogP contribution in [0.3, 0.4) is 0 Å². The number of nitrogens with one attached hydrogen (secondary N) is 2. The van der Waals surface area contributed by atoms with E-state index in [9.17, 15) is 14.4 Å². The molecule has 0 fully saturated rings. The van der Waals surface area contributed by atoms with Crippen LogP contribution in [0.5, 0.6) is 0 Å². The fourth-order valence-corrected chi connectivity index (χ4v) is 2.37. The van der Waals surface area contributed by atoms with E-state index in [4.69, 9.17) is 0 Å². The summed E-state index contributed by atoms with van der Waals surface area (Å²) in [5.41, 5.74) is 3.08. The minimum Gasteiger partial charge on any atom is -0.465 e. The first-order chi connectivity index (χ1) is 13.0. The molecule has 0 heterocycles. The van der Waals surface area contributed by atoms with E-state index in [-0.39, 0.29) is 17.8 Å². The first-order valence-electron chi connectivity index (χ1n) is 8.49. The Morgan fingerprint density at radius 1 is 1.00 bits per heavy atom. The Morgan fingerprint density at radius 3 is 2.26 bits per heavy atom. The lowest BCUT2D eigenvalue weighted by molar-refractivity contribution is -0.116. The number of carbonyl (C=O) groups is 3. The molecule has 2 rings (SSSR count). The number of hydrogen-bond acceptors (Lipinski definition) is 4. The lowest BCUT2D eigenvalue weighted by atomic mass is 10.1. The Kier molecular flexibility index (Phi) is 7.31. The quantitative estimate of drug-likeness (QED) is 0.583. The predicted molar refractivity (Wildman–Crippen MR) is 104 cm³/mol. The van der Waals surface area contributed by atoms with Gasteiger partial charge < -0.3 is 15.4 Å². The Balaban J connectivity index is 1.77. The van der Waals surface area contributed by atoms with Gasteiger partial charge in [0.1, 0.15) is 0 Å². The minimum absolute atomic E-state index is 0.127. The van der Waals surface area contributed by atoms with Crippen molar-refractivity contribution in [1.29, 1.82) is 0 Å². The van der Waals surface area contributed by atoms with Crippen LogP contribution in [0, 0.1) is 0 Å². The van der Waals surface area contributed by atoms with Crippen molar-refractivity contribution in [2.75, 3.05) is 19.0 Å². The zero-order chi connectivity index (χ0) is 19.6. The minimum atomic E-state index is -0.370. The largest absolute Gasteiger partial charge is 0.465 e. The molecule has 0 spiro atoms. The first kappa shape index (κ1) is 19.9. The van der Waals surface area contributed by atoms with E-state index in [1.54, 1.807) is 30.3 Å². The van der Waals surface area contributed by atoms with Gasteiger partial charge in [0.05, 0.1) is 12.7 Å². The van der Waals surface area contributed by atoms with Crippen LogP contribution < -0.4 is 10.6 Å². The van der Waals surface area contributed by atoms with Crippen LogP contribution in [-0.4, -0.2) is 31.4 Å². The fourth-order valence-electron chi connectivity index (χ4n) is 2.37. The summed E-state index contributed by atoms with van der Waals surface area (Å²) in [5, 5.41) is 5.50. The van der Waals surface area contributed by atoms with Crippen LogP contribution in [0.4, 0.5) is 5.69 Å². The lowest BCUT2D eigenvalue weighted by Crippen LogP contribution is -2.23. The molecule has 6 nitrogen and oxygen atoms in total. The third-order valence-electron chi connectivity index (χ3n) is 3.75. The molecule has 0 aliphatic rings. The predicted octanol–water partition coefficient (Wildman–Crippen LogP) is 2.80. The van der Waals surface area contributed by atoms with Gasteiger partial charge >= 0.3 is 5.97 Å². The molecule has 0 aromatic heterocycles. The third-order valence-corrected chi connectivity index (χ3v) is 3.75. The van der Waals surface area contributed by atoms with Crippen molar-refractivity contribution in [3.8, 4) is 0 Å². The van der Waals surface area contributed by atoms with Gasteiger partial charge in [-0.2, -0.15) is 0 Å². The van der Waals surface area contributed by atoms with E-state index < -0.39 is 0 Å². The van der Waals surface area contributed by atoms with Crippen molar-refractivity contribution in [2.24, 2.45) is 0 Å². The molecule has 0 aliphatic heterocycles. The highest BCUT2D eigenvalue weighted by atomic mass is 16.5. The SMILES string of the molecule is COC(=O)c1ccc(CCNC(=O)/C=C/c2ccc(NC(C)=O)cc2)cc1. The van der Waals surface area contributed by atoms with Crippen LogP contribution in [-0.2, 0) is 20.7 Å². The summed E-state index contributed by atoms with van der Waals surface area (Å²) in [6, 6.07) is 14.3. The Hall–Kier alpha value is -3.41. The normalized spacial score (nSPS) is 10.4. The molecule has 0 radical (unpaired) electrons. The fraction of sp³-hybridized carbons (Fsp3) is 0.190. The number of esters is 1. The lowest BCUT2D eigenvalue weighted by Gasteiger charge is -2.04. The monoisotopic (exact) mass is 366 g/mol. The molecule has 2 aromatic rings. The molecule has 0 atom stereocenters. The molecule has 0 bridgehead atoms. The van der Waals surface area contributed by atoms with Gasteiger partial charge in [-0.05, 0) is 47.9 Å². The molecule has 6 heteroatoms. The van der Waals surface area contributed by atoms with Crippen molar-refractivity contribution in [1.82, 2.24) is 5.32 Å². The second-order valence-electron chi connectivity index (χ2n) is 5.87. The maximum absolute atomic E-state index is 11.9. The van der Waals surface area contributed by atoms with Crippen LogP contribution in [0.15, 0.2) is 54.6 Å². The van der Waals surface area contributed by atoms with E-state index >= 15 is 0 Å². The number of methoxy groups -OCH3 is 1. The highest BCUT2D eigenvalue weighted by molar-refractivity contribution is 5.92. The van der Waals surface area contributed by atoms with Crippen LogP contribution >= 0.6 is 0 Å². The van der Waals surface area contributed by atoms with E-state index in [0.717, 1.165) is 11.1 Å². The average Bonchev–Trinajstić information content (AvgIpc) is 2.67. The number of ether oxygens (including phenoxy) is 1. The molecule has 2 aromatic carbocycles. The highest BCUT2D eigenvalue weighted by Gasteiger charge is 2.04. The number of amides is 2. The van der Waals surface area contributed by atoms with Crippen LogP contribution in [0.25, 0.3) is 6.08 Å². The van der Waals surface area contributed by atoms with Gasteiger partial charge in [-0.1, -0.05) is 24.3 Å². The molecular formula is C21H22N2O4. The molecule has 0 aliphatic carbocycles. The van der Waals surface area contributed by atoms with E-state index in [0.29, 0.717) is 24.2 Å². The van der Waals surface area contributed by atoms with E-state index in [1.165, 1.54) is 20.1 Å². The number of hydrogen-bond donors (Lipinski definition) is 2. The summed E-state index contributed by atoms with van der Waals surface area (Å²) in [6.45, 7) is 1.94. The van der Waals surface area contributed by atoms with Crippen molar-refractivity contribution in [2.45, 2.75) is 13.3 Å². The van der Waals surface area contributed by atoms with Gasteiger partial charge in [-0.25, -0.2) is 4.79 Å². The topological polar surface area (TPSA) is 84.5 Å². The summed E-state index contributed by atoms with van der Waals surface area (Å²) in [4.78, 5) is 34.2. The molecule has 140 valence electrons. The molecule has 27 heavy (non-hydrogen) atoms. The summed E-state index contributed by atoms with van der Waals surface area (Å²) >= 11 is 0. The first-order valence-corrected chi connectivity index (χ1v) is 8.49. The summed E-state index contributed by atoms with van der Waals surface area (Å²) in [5.74, 6) is -0.685. The summed E-state index contributed by atoms with van der Waals surface area (Å²) < 4.78 is 4.65. The molecule has 0 unspecified atom stereocenters. The van der Waals surface area contributed by atoms with Gasteiger partial charge in [-0.15, -0.1) is 0 Å².